The molecule has 0 bridgehead atoms. The smallest absolute Gasteiger partial charge is 0.250 e. The van der Waals surface area contributed by atoms with Crippen molar-refractivity contribution in [3.8, 4) is 10.4 Å². The maximum atomic E-state index is 12.7. The lowest BCUT2D eigenvalue weighted by atomic mass is 10.1. The molecule has 166 valence electrons. The van der Waals surface area contributed by atoms with E-state index in [1.807, 2.05) is 18.2 Å². The van der Waals surface area contributed by atoms with Crippen molar-refractivity contribution in [2.45, 2.75) is 30.0 Å². The Labute approximate surface area is 193 Å². The van der Waals surface area contributed by atoms with Gasteiger partial charge in [0, 0.05) is 35.9 Å². The zero-order valence-electron chi connectivity index (χ0n) is 17.5. The highest BCUT2D eigenvalue weighted by Gasteiger charge is 2.18. The molecular formula is C23H29N3O2S3. The first-order valence-electron chi connectivity index (χ1n) is 10.7. The average Bonchev–Trinajstić information content (AvgIpc) is 3.54. The molecule has 2 N–H and O–H groups in total. The van der Waals surface area contributed by atoms with Gasteiger partial charge in [-0.1, -0.05) is 24.3 Å². The molecule has 3 heterocycles. The van der Waals surface area contributed by atoms with E-state index in [9.17, 15) is 8.42 Å². The van der Waals surface area contributed by atoms with E-state index >= 15 is 0 Å². The summed E-state index contributed by atoms with van der Waals surface area (Å²) in [7, 11) is -3.46. The Morgan fingerprint density at radius 2 is 1.87 bits per heavy atom. The zero-order valence-corrected chi connectivity index (χ0v) is 20.0. The van der Waals surface area contributed by atoms with Gasteiger partial charge in [-0.3, -0.25) is 0 Å². The van der Waals surface area contributed by atoms with Gasteiger partial charge in [-0.2, -0.15) is 0 Å². The molecule has 0 amide bonds. The molecule has 1 aliphatic rings. The molecule has 8 heteroatoms. The first-order chi connectivity index (χ1) is 15.1. The quantitative estimate of drug-likeness (QED) is 0.409. The summed E-state index contributed by atoms with van der Waals surface area (Å²) in [6.07, 6.45) is 3.46. The minimum atomic E-state index is -3.46. The second kappa shape index (κ2) is 10.8. The van der Waals surface area contributed by atoms with Crippen LogP contribution in [-0.4, -0.2) is 46.0 Å². The third-order valence-corrected chi connectivity index (χ3v) is 9.46. The molecule has 1 aromatic carbocycles. The predicted octanol–water partition coefficient (Wildman–Crippen LogP) is 4.18. The van der Waals surface area contributed by atoms with Gasteiger partial charge >= 0.3 is 0 Å². The molecule has 3 aromatic rings. The van der Waals surface area contributed by atoms with Crippen molar-refractivity contribution in [3.05, 3.63) is 64.4 Å². The van der Waals surface area contributed by atoms with Crippen LogP contribution in [-0.2, 0) is 23.0 Å². The van der Waals surface area contributed by atoms with Crippen LogP contribution in [0, 0.1) is 0 Å². The highest BCUT2D eigenvalue weighted by molar-refractivity contribution is 7.91. The Bertz CT molecular complexity index is 1060. The maximum absolute atomic E-state index is 12.7. The number of thiophene rings is 2. The van der Waals surface area contributed by atoms with E-state index < -0.39 is 10.0 Å². The van der Waals surface area contributed by atoms with Crippen LogP contribution < -0.4 is 10.0 Å². The molecule has 5 nitrogen and oxygen atoms in total. The summed E-state index contributed by atoms with van der Waals surface area (Å²) < 4.78 is 28.5. The lowest BCUT2D eigenvalue weighted by molar-refractivity contribution is 0.344. The number of likely N-dealkylation sites (tertiary alicyclic amines) is 1. The molecule has 2 aromatic heterocycles. The molecule has 31 heavy (non-hydrogen) atoms. The number of hydrogen-bond donors (Lipinski definition) is 2. The summed E-state index contributed by atoms with van der Waals surface area (Å²) in [5.74, 6) is 0. The number of nitrogens with zero attached hydrogens (tertiary/aromatic N) is 1. The summed E-state index contributed by atoms with van der Waals surface area (Å²) in [5.41, 5.74) is 2.26. The Morgan fingerprint density at radius 1 is 1.00 bits per heavy atom. The van der Waals surface area contributed by atoms with E-state index in [1.54, 1.807) is 17.4 Å². The molecule has 0 atom stereocenters. The van der Waals surface area contributed by atoms with Crippen LogP contribution in [0.4, 0.5) is 0 Å². The molecule has 0 aliphatic carbocycles. The van der Waals surface area contributed by atoms with E-state index in [0.717, 1.165) is 49.6 Å². The van der Waals surface area contributed by atoms with E-state index in [2.05, 4.69) is 44.6 Å². The molecule has 0 radical (unpaired) electrons. The Morgan fingerprint density at radius 3 is 2.68 bits per heavy atom. The molecule has 0 saturated carbocycles. The molecule has 4 rings (SSSR count). The summed E-state index contributed by atoms with van der Waals surface area (Å²) in [6.45, 7) is 5.12. The lowest BCUT2D eigenvalue weighted by Gasteiger charge is -2.14. The third kappa shape index (κ3) is 6.47. The van der Waals surface area contributed by atoms with Crippen molar-refractivity contribution in [2.24, 2.45) is 0 Å². The minimum Gasteiger partial charge on any atom is -0.312 e. The van der Waals surface area contributed by atoms with E-state index in [0.29, 0.717) is 10.8 Å². The van der Waals surface area contributed by atoms with Crippen molar-refractivity contribution in [2.75, 3.05) is 32.7 Å². The van der Waals surface area contributed by atoms with Crippen molar-refractivity contribution in [3.63, 3.8) is 0 Å². The number of rotatable bonds is 11. The van der Waals surface area contributed by atoms with Gasteiger partial charge in [0.25, 0.3) is 0 Å². The normalized spacial score (nSPS) is 15.0. The van der Waals surface area contributed by atoms with Gasteiger partial charge in [0.1, 0.15) is 4.21 Å². The summed E-state index contributed by atoms with van der Waals surface area (Å²) in [4.78, 5) is 4.67. The van der Waals surface area contributed by atoms with E-state index in [-0.39, 0.29) is 0 Å². The second-order valence-corrected chi connectivity index (χ2v) is 11.9. The van der Waals surface area contributed by atoms with Gasteiger partial charge in [0.15, 0.2) is 0 Å². The van der Waals surface area contributed by atoms with Gasteiger partial charge < -0.3 is 10.2 Å². The SMILES string of the molecule is O=S(=O)(NCCN1CCCC1)c1ccc(-c2cccc(CNCCc3cccs3)c2)s1. The minimum absolute atomic E-state index is 0.378. The standard InChI is InChI=1S/C23H29N3O2S3/c27-31(28,25-12-15-26-13-1-2-14-26)23-9-8-22(30-23)20-6-3-5-19(17-20)18-24-11-10-21-7-4-16-29-21/h3-9,16-17,24-25H,1-2,10-15,18H2. The maximum Gasteiger partial charge on any atom is 0.250 e. The predicted molar refractivity (Wildman–Crippen MR) is 130 cm³/mol. The van der Waals surface area contributed by atoms with Crippen LogP contribution in [0.25, 0.3) is 10.4 Å². The topological polar surface area (TPSA) is 61.4 Å². The molecule has 1 saturated heterocycles. The van der Waals surface area contributed by atoms with Crippen molar-refractivity contribution in [1.29, 1.82) is 0 Å². The van der Waals surface area contributed by atoms with Crippen LogP contribution in [0.5, 0.6) is 0 Å². The molecule has 0 unspecified atom stereocenters. The number of nitrogens with one attached hydrogen (secondary N) is 2. The van der Waals surface area contributed by atoms with Crippen LogP contribution >= 0.6 is 22.7 Å². The van der Waals surface area contributed by atoms with Gasteiger partial charge in [0.05, 0.1) is 0 Å². The fourth-order valence-corrected chi connectivity index (χ4v) is 6.85. The first-order valence-corrected chi connectivity index (χ1v) is 13.9. The van der Waals surface area contributed by atoms with E-state index in [1.165, 1.54) is 34.6 Å². The van der Waals surface area contributed by atoms with Gasteiger partial charge in [-0.15, -0.1) is 22.7 Å². The first kappa shape index (κ1) is 22.6. The average molecular weight is 476 g/mol. The van der Waals surface area contributed by atoms with Crippen LogP contribution in [0.3, 0.4) is 0 Å². The van der Waals surface area contributed by atoms with Crippen LogP contribution in [0.2, 0.25) is 0 Å². The molecule has 1 fully saturated rings. The Hall–Kier alpha value is -1.55. The second-order valence-electron chi connectivity index (χ2n) is 7.77. The zero-order chi connectivity index (χ0) is 21.5. The fourth-order valence-electron chi connectivity index (χ4n) is 3.77. The lowest BCUT2D eigenvalue weighted by Crippen LogP contribution is -2.33. The van der Waals surface area contributed by atoms with Crippen LogP contribution in [0.15, 0.2) is 58.1 Å². The number of sulfonamides is 1. The molecular weight excluding hydrogens is 446 g/mol. The highest BCUT2D eigenvalue weighted by Crippen LogP contribution is 2.31. The monoisotopic (exact) mass is 475 g/mol. The Balaban J connectivity index is 1.31. The summed E-state index contributed by atoms with van der Waals surface area (Å²) in [5, 5.41) is 5.60. The molecule has 1 aliphatic heterocycles. The van der Waals surface area contributed by atoms with Gasteiger partial charge in [-0.25, -0.2) is 13.1 Å². The summed E-state index contributed by atoms with van der Waals surface area (Å²) >= 11 is 3.12. The largest absolute Gasteiger partial charge is 0.312 e. The van der Waals surface area contributed by atoms with Crippen molar-refractivity contribution >= 4 is 32.7 Å². The number of hydrogen-bond acceptors (Lipinski definition) is 6. The summed E-state index contributed by atoms with van der Waals surface area (Å²) in [6, 6.07) is 16.2. The fraction of sp³-hybridized carbons (Fsp3) is 0.391. The third-order valence-electron chi connectivity index (χ3n) is 5.43. The van der Waals surface area contributed by atoms with Crippen LogP contribution in [0.1, 0.15) is 23.3 Å². The number of benzene rings is 1. The van der Waals surface area contributed by atoms with Crippen molar-refractivity contribution in [1.82, 2.24) is 14.9 Å². The van der Waals surface area contributed by atoms with Gasteiger partial charge in [-0.05, 0) is 73.1 Å². The Kier molecular flexibility index (Phi) is 7.92. The highest BCUT2D eigenvalue weighted by atomic mass is 32.2. The van der Waals surface area contributed by atoms with E-state index in [4.69, 9.17) is 0 Å². The van der Waals surface area contributed by atoms with Crippen molar-refractivity contribution < 1.29 is 8.42 Å². The molecule has 0 spiro atoms. The van der Waals surface area contributed by atoms with Gasteiger partial charge in [0.2, 0.25) is 10.0 Å².